The van der Waals surface area contributed by atoms with E-state index in [4.69, 9.17) is 0 Å². The summed E-state index contributed by atoms with van der Waals surface area (Å²) in [6.07, 6.45) is 4.15. The van der Waals surface area contributed by atoms with Crippen LogP contribution in [-0.4, -0.2) is 21.1 Å². The maximum atomic E-state index is 11.9. The van der Waals surface area contributed by atoms with Crippen LogP contribution in [0, 0.1) is 3.57 Å². The normalized spacial score (nSPS) is 10.4. The van der Waals surface area contributed by atoms with Crippen molar-refractivity contribution >= 4 is 28.4 Å². The highest BCUT2D eigenvalue weighted by Crippen LogP contribution is 2.06. The molecular formula is C13H15IN4O. The second kappa shape index (κ2) is 6.65. The number of pyridine rings is 1. The second-order valence-electron chi connectivity index (χ2n) is 4.12. The summed E-state index contributed by atoms with van der Waals surface area (Å²) in [5, 5.41) is 3.23. The van der Waals surface area contributed by atoms with E-state index in [1.807, 2.05) is 40.8 Å². The lowest BCUT2D eigenvalue weighted by Crippen LogP contribution is -2.23. The predicted octanol–water partition coefficient (Wildman–Crippen LogP) is 2.11. The van der Waals surface area contributed by atoms with Gasteiger partial charge in [0.1, 0.15) is 5.82 Å². The van der Waals surface area contributed by atoms with Gasteiger partial charge in [-0.15, -0.1) is 0 Å². The molecule has 2 rings (SSSR count). The number of halogens is 1. The van der Waals surface area contributed by atoms with Crippen LogP contribution in [0.3, 0.4) is 0 Å². The Labute approximate surface area is 125 Å². The second-order valence-corrected chi connectivity index (χ2v) is 5.28. The van der Waals surface area contributed by atoms with E-state index in [-0.39, 0.29) is 5.56 Å². The van der Waals surface area contributed by atoms with E-state index >= 15 is 0 Å². The maximum Gasteiger partial charge on any atom is 0.267 e. The van der Waals surface area contributed by atoms with Crippen molar-refractivity contribution in [3.05, 3.63) is 50.3 Å². The van der Waals surface area contributed by atoms with Crippen LogP contribution in [0.25, 0.3) is 0 Å². The Balaban J connectivity index is 2.19. The first-order valence-corrected chi connectivity index (χ1v) is 7.18. The fourth-order valence-corrected chi connectivity index (χ4v) is 2.10. The molecule has 0 spiro atoms. The largest absolute Gasteiger partial charge is 0.370 e. The van der Waals surface area contributed by atoms with Crippen LogP contribution >= 0.6 is 22.6 Å². The van der Waals surface area contributed by atoms with Crippen molar-refractivity contribution in [2.75, 3.05) is 11.9 Å². The number of hydrogen-bond acceptors (Lipinski definition) is 4. The third-order valence-corrected chi connectivity index (χ3v) is 3.29. The molecular weight excluding hydrogens is 355 g/mol. The van der Waals surface area contributed by atoms with E-state index in [0.29, 0.717) is 10.1 Å². The summed E-state index contributed by atoms with van der Waals surface area (Å²) < 4.78 is 2.17. The lowest BCUT2D eigenvalue weighted by Gasteiger charge is -2.08. The molecule has 5 nitrogen and oxygen atoms in total. The first kappa shape index (κ1) is 14.0. The molecule has 0 aromatic carbocycles. The highest BCUT2D eigenvalue weighted by atomic mass is 127. The Morgan fingerprint density at radius 1 is 1.42 bits per heavy atom. The van der Waals surface area contributed by atoms with E-state index in [0.717, 1.165) is 24.5 Å². The van der Waals surface area contributed by atoms with Crippen molar-refractivity contribution in [3.8, 4) is 0 Å². The quantitative estimate of drug-likeness (QED) is 0.820. The van der Waals surface area contributed by atoms with Gasteiger partial charge in [-0.2, -0.15) is 0 Å². The summed E-state index contributed by atoms with van der Waals surface area (Å²) >= 11 is 1.99. The summed E-state index contributed by atoms with van der Waals surface area (Å²) in [4.78, 5) is 20.4. The lowest BCUT2D eigenvalue weighted by molar-refractivity contribution is 0.714. The van der Waals surface area contributed by atoms with Crippen LogP contribution in [0.1, 0.15) is 19.0 Å². The van der Waals surface area contributed by atoms with Gasteiger partial charge in [0.05, 0.1) is 22.1 Å². The summed E-state index contributed by atoms with van der Waals surface area (Å²) in [7, 11) is 0. The molecule has 0 bridgehead atoms. The minimum Gasteiger partial charge on any atom is -0.370 e. The predicted molar refractivity (Wildman–Crippen MR) is 83.3 cm³/mol. The third kappa shape index (κ3) is 3.76. The average molecular weight is 370 g/mol. The van der Waals surface area contributed by atoms with Gasteiger partial charge >= 0.3 is 0 Å². The first-order valence-electron chi connectivity index (χ1n) is 6.10. The Kier molecular flexibility index (Phi) is 4.89. The van der Waals surface area contributed by atoms with Gasteiger partial charge in [0.25, 0.3) is 5.56 Å². The first-order chi connectivity index (χ1) is 9.20. The smallest absolute Gasteiger partial charge is 0.267 e. The van der Waals surface area contributed by atoms with Crippen LogP contribution in [0.2, 0.25) is 0 Å². The van der Waals surface area contributed by atoms with Gasteiger partial charge in [0.15, 0.2) is 0 Å². The number of nitrogens with zero attached hydrogens (tertiary/aromatic N) is 3. The molecule has 0 unspecified atom stereocenters. The number of aromatic nitrogens is 3. The van der Waals surface area contributed by atoms with Crippen LogP contribution < -0.4 is 10.9 Å². The van der Waals surface area contributed by atoms with Crippen molar-refractivity contribution < 1.29 is 0 Å². The highest BCUT2D eigenvalue weighted by molar-refractivity contribution is 14.1. The molecule has 2 aromatic heterocycles. The van der Waals surface area contributed by atoms with Gasteiger partial charge in [-0.3, -0.25) is 9.36 Å². The third-order valence-electron chi connectivity index (χ3n) is 2.55. The van der Waals surface area contributed by atoms with Gasteiger partial charge in [0.2, 0.25) is 0 Å². The van der Waals surface area contributed by atoms with Crippen molar-refractivity contribution in [2.24, 2.45) is 0 Å². The Morgan fingerprint density at radius 2 is 2.26 bits per heavy atom. The molecule has 2 heterocycles. The van der Waals surface area contributed by atoms with E-state index < -0.39 is 0 Å². The monoisotopic (exact) mass is 370 g/mol. The number of nitrogens with one attached hydrogen (secondary N) is 1. The molecule has 2 aromatic rings. The fraction of sp³-hybridized carbons (Fsp3) is 0.308. The molecule has 0 aliphatic heterocycles. The molecule has 0 amide bonds. The van der Waals surface area contributed by atoms with E-state index in [2.05, 4.69) is 22.2 Å². The highest BCUT2D eigenvalue weighted by Gasteiger charge is 2.03. The lowest BCUT2D eigenvalue weighted by atomic mass is 10.3. The molecule has 0 aliphatic carbocycles. The van der Waals surface area contributed by atoms with Gasteiger partial charge in [-0.25, -0.2) is 9.97 Å². The zero-order valence-corrected chi connectivity index (χ0v) is 12.8. The van der Waals surface area contributed by atoms with Crippen LogP contribution in [0.4, 0.5) is 5.82 Å². The Bertz CT molecular complexity index is 612. The SMILES string of the molecule is CCCNc1cccc(Cn2cncc(I)c2=O)n1. The average Bonchev–Trinajstić information content (AvgIpc) is 2.42. The van der Waals surface area contributed by atoms with Crippen LogP contribution in [0.5, 0.6) is 0 Å². The van der Waals surface area contributed by atoms with Crippen molar-refractivity contribution in [2.45, 2.75) is 19.9 Å². The molecule has 100 valence electrons. The molecule has 0 fully saturated rings. The Morgan fingerprint density at radius 3 is 3.05 bits per heavy atom. The molecule has 0 saturated heterocycles. The number of rotatable bonds is 5. The minimum absolute atomic E-state index is 0.0377. The molecule has 0 saturated carbocycles. The molecule has 1 N–H and O–H groups in total. The minimum atomic E-state index is -0.0377. The van der Waals surface area contributed by atoms with Crippen LogP contribution in [0.15, 0.2) is 35.5 Å². The molecule has 19 heavy (non-hydrogen) atoms. The van der Waals surface area contributed by atoms with E-state index in [9.17, 15) is 4.79 Å². The standard InChI is InChI=1S/C13H15IN4O/c1-2-6-16-12-5-3-4-10(17-12)8-18-9-15-7-11(14)13(18)19/h3-5,7,9H,2,6,8H2,1H3,(H,16,17). The summed E-state index contributed by atoms with van der Waals surface area (Å²) in [5.41, 5.74) is 0.802. The fourth-order valence-electron chi connectivity index (χ4n) is 1.63. The van der Waals surface area contributed by atoms with Gasteiger partial charge in [-0.1, -0.05) is 13.0 Å². The molecule has 0 aliphatic rings. The maximum absolute atomic E-state index is 11.9. The van der Waals surface area contributed by atoms with Gasteiger partial charge in [0, 0.05) is 12.7 Å². The Hall–Kier alpha value is -1.44. The van der Waals surface area contributed by atoms with Crippen molar-refractivity contribution in [1.82, 2.24) is 14.5 Å². The van der Waals surface area contributed by atoms with Crippen molar-refractivity contribution in [1.29, 1.82) is 0 Å². The van der Waals surface area contributed by atoms with Crippen LogP contribution in [-0.2, 0) is 6.54 Å². The zero-order valence-electron chi connectivity index (χ0n) is 10.6. The van der Waals surface area contributed by atoms with E-state index in [1.165, 1.54) is 6.33 Å². The van der Waals surface area contributed by atoms with Gasteiger partial charge < -0.3 is 5.32 Å². The number of hydrogen-bond donors (Lipinski definition) is 1. The molecule has 0 radical (unpaired) electrons. The van der Waals surface area contributed by atoms with Crippen molar-refractivity contribution in [3.63, 3.8) is 0 Å². The molecule has 0 atom stereocenters. The summed E-state index contributed by atoms with van der Waals surface area (Å²) in [6, 6.07) is 5.77. The molecule has 6 heteroatoms. The summed E-state index contributed by atoms with van der Waals surface area (Å²) in [5.74, 6) is 0.839. The topological polar surface area (TPSA) is 59.8 Å². The number of anilines is 1. The summed E-state index contributed by atoms with van der Waals surface area (Å²) in [6.45, 7) is 3.43. The van der Waals surface area contributed by atoms with E-state index in [1.54, 1.807) is 10.8 Å². The van der Waals surface area contributed by atoms with Gasteiger partial charge in [-0.05, 0) is 41.1 Å². The zero-order chi connectivity index (χ0) is 13.7.